The van der Waals surface area contributed by atoms with Gasteiger partial charge in [-0.15, -0.1) is 0 Å². The molecule has 0 radical (unpaired) electrons. The summed E-state index contributed by atoms with van der Waals surface area (Å²) in [5.74, 6) is 1.55. The van der Waals surface area contributed by atoms with Gasteiger partial charge in [0.1, 0.15) is 12.0 Å². The van der Waals surface area contributed by atoms with Gasteiger partial charge in [0.2, 0.25) is 5.91 Å². The normalized spacial score (nSPS) is 18.4. The number of nitrogens with one attached hydrogen (secondary N) is 1. The Labute approximate surface area is 136 Å². The summed E-state index contributed by atoms with van der Waals surface area (Å²) in [4.78, 5) is 30.2. The average molecular weight is 313 g/mol. The van der Waals surface area contributed by atoms with Crippen molar-refractivity contribution in [1.29, 1.82) is 0 Å². The van der Waals surface area contributed by atoms with Crippen molar-refractivity contribution in [3.63, 3.8) is 0 Å². The highest BCUT2D eigenvalue weighted by Gasteiger charge is 2.25. The van der Waals surface area contributed by atoms with Crippen LogP contribution >= 0.6 is 0 Å². The Hall–Kier alpha value is -2.24. The van der Waals surface area contributed by atoms with E-state index in [1.54, 1.807) is 18.7 Å². The van der Waals surface area contributed by atoms with Gasteiger partial charge in [-0.2, -0.15) is 0 Å². The number of carbonyl (C=O) groups is 1. The number of carbonyl (C=O) groups excluding carboxylic acids is 1. The molecule has 23 heavy (non-hydrogen) atoms. The van der Waals surface area contributed by atoms with Gasteiger partial charge in [-0.3, -0.25) is 4.79 Å². The van der Waals surface area contributed by atoms with Gasteiger partial charge in [-0.25, -0.2) is 15.0 Å². The van der Waals surface area contributed by atoms with E-state index >= 15 is 0 Å². The fourth-order valence-corrected chi connectivity index (χ4v) is 3.14. The summed E-state index contributed by atoms with van der Waals surface area (Å²) in [5, 5.41) is 0. The van der Waals surface area contributed by atoms with E-state index in [4.69, 9.17) is 0 Å². The maximum Gasteiger partial charge on any atom is 0.225 e. The molecule has 2 aromatic heterocycles. The molecular formula is C17H23N5O. The maximum absolute atomic E-state index is 12.2. The maximum atomic E-state index is 12.2. The highest BCUT2D eigenvalue weighted by Crippen LogP contribution is 2.22. The summed E-state index contributed by atoms with van der Waals surface area (Å²) in [6.45, 7) is 5.64. The number of aromatic amines is 1. The molecule has 122 valence electrons. The number of hydrogen-bond donors (Lipinski definition) is 1. The summed E-state index contributed by atoms with van der Waals surface area (Å²) in [5.41, 5.74) is 1.82. The second-order valence-corrected chi connectivity index (χ2v) is 6.48. The minimum absolute atomic E-state index is 0.0679. The predicted octanol–water partition coefficient (Wildman–Crippen LogP) is 2.30. The first-order chi connectivity index (χ1) is 11.1. The molecular weight excluding hydrogens is 290 g/mol. The van der Waals surface area contributed by atoms with Crippen LogP contribution in [0.4, 0.5) is 0 Å². The molecule has 1 fully saturated rings. The van der Waals surface area contributed by atoms with Crippen molar-refractivity contribution in [2.75, 3.05) is 13.1 Å². The van der Waals surface area contributed by atoms with Crippen molar-refractivity contribution < 1.29 is 4.79 Å². The molecule has 6 heteroatoms. The Kier molecular flexibility index (Phi) is 4.69. The van der Waals surface area contributed by atoms with Gasteiger partial charge < -0.3 is 9.88 Å². The second kappa shape index (κ2) is 6.89. The third-order valence-electron chi connectivity index (χ3n) is 4.29. The van der Waals surface area contributed by atoms with E-state index in [2.05, 4.69) is 19.9 Å². The molecule has 0 aliphatic carbocycles. The number of likely N-dealkylation sites (tertiary alicyclic amines) is 1. The van der Waals surface area contributed by atoms with E-state index in [1.165, 1.54) is 0 Å². The van der Waals surface area contributed by atoms with Gasteiger partial charge >= 0.3 is 0 Å². The van der Waals surface area contributed by atoms with Gasteiger partial charge in [-0.1, -0.05) is 13.8 Å². The molecule has 1 saturated heterocycles. The van der Waals surface area contributed by atoms with Crippen LogP contribution in [-0.4, -0.2) is 43.8 Å². The summed E-state index contributed by atoms with van der Waals surface area (Å²) < 4.78 is 0. The minimum Gasteiger partial charge on any atom is -0.343 e. The third kappa shape index (κ3) is 3.75. The Morgan fingerprint density at radius 2 is 2.26 bits per heavy atom. The number of aromatic nitrogens is 4. The van der Waals surface area contributed by atoms with E-state index in [0.717, 1.165) is 49.6 Å². The van der Waals surface area contributed by atoms with Crippen molar-refractivity contribution in [3.05, 3.63) is 30.5 Å². The van der Waals surface area contributed by atoms with Gasteiger partial charge in [0.25, 0.3) is 0 Å². The molecule has 0 bridgehead atoms. The zero-order valence-corrected chi connectivity index (χ0v) is 13.7. The van der Waals surface area contributed by atoms with E-state index < -0.39 is 0 Å². The average Bonchev–Trinajstić information content (AvgIpc) is 3.09. The lowest BCUT2D eigenvalue weighted by Crippen LogP contribution is -2.42. The fourth-order valence-electron chi connectivity index (χ4n) is 3.14. The lowest BCUT2D eigenvalue weighted by atomic mass is 9.92. The highest BCUT2D eigenvalue weighted by molar-refractivity contribution is 5.78. The number of piperidine rings is 1. The van der Waals surface area contributed by atoms with Crippen LogP contribution in [0.25, 0.3) is 11.5 Å². The number of rotatable bonds is 4. The van der Waals surface area contributed by atoms with Gasteiger partial charge in [0.15, 0.2) is 5.82 Å². The third-order valence-corrected chi connectivity index (χ3v) is 4.29. The lowest BCUT2D eigenvalue weighted by molar-refractivity contribution is -0.136. The van der Waals surface area contributed by atoms with Crippen LogP contribution in [0, 0.1) is 11.8 Å². The van der Waals surface area contributed by atoms with Crippen molar-refractivity contribution in [1.82, 2.24) is 24.8 Å². The number of nitrogens with zero attached hydrogens (tertiary/aromatic N) is 4. The molecule has 0 spiro atoms. The molecule has 0 saturated carbocycles. The molecule has 1 amide bonds. The predicted molar refractivity (Wildman–Crippen MR) is 87.5 cm³/mol. The zero-order valence-electron chi connectivity index (χ0n) is 13.7. The Bertz CT molecular complexity index is 653. The molecule has 1 aliphatic heterocycles. The molecule has 3 heterocycles. The Morgan fingerprint density at radius 1 is 1.39 bits per heavy atom. The first-order valence-corrected chi connectivity index (χ1v) is 8.23. The summed E-state index contributed by atoms with van der Waals surface area (Å²) >= 11 is 0. The molecule has 3 rings (SSSR count). The van der Waals surface area contributed by atoms with E-state index in [0.29, 0.717) is 5.92 Å². The second-order valence-electron chi connectivity index (χ2n) is 6.48. The Balaban J connectivity index is 1.67. The van der Waals surface area contributed by atoms with Gasteiger partial charge in [0.05, 0.1) is 0 Å². The van der Waals surface area contributed by atoms with Crippen molar-refractivity contribution >= 4 is 5.91 Å². The molecule has 1 aliphatic rings. The van der Waals surface area contributed by atoms with E-state index in [1.807, 2.05) is 24.8 Å². The number of amides is 1. The van der Waals surface area contributed by atoms with Crippen LogP contribution in [-0.2, 0) is 11.2 Å². The van der Waals surface area contributed by atoms with Crippen molar-refractivity contribution in [2.45, 2.75) is 33.1 Å². The molecule has 0 unspecified atom stereocenters. The smallest absolute Gasteiger partial charge is 0.225 e. The number of hydrogen-bond acceptors (Lipinski definition) is 4. The largest absolute Gasteiger partial charge is 0.343 e. The van der Waals surface area contributed by atoms with Gasteiger partial charge in [0, 0.05) is 37.1 Å². The monoisotopic (exact) mass is 313 g/mol. The highest BCUT2D eigenvalue weighted by atomic mass is 16.2. The first kappa shape index (κ1) is 15.6. The first-order valence-electron chi connectivity index (χ1n) is 8.23. The van der Waals surface area contributed by atoms with E-state index in [-0.39, 0.29) is 11.8 Å². The molecule has 6 nitrogen and oxygen atoms in total. The van der Waals surface area contributed by atoms with Crippen LogP contribution in [0.5, 0.6) is 0 Å². The van der Waals surface area contributed by atoms with Crippen LogP contribution < -0.4 is 0 Å². The SMILES string of the molecule is CC(C)C(=O)N1CCC[C@H](Cc2cc(-c3ncc[nH]3)ncn2)C1. The Morgan fingerprint density at radius 3 is 3.00 bits per heavy atom. The number of imidazole rings is 1. The van der Waals surface area contributed by atoms with Crippen LogP contribution in [0.15, 0.2) is 24.8 Å². The van der Waals surface area contributed by atoms with Gasteiger partial charge in [-0.05, 0) is 31.2 Å². The number of H-pyrrole nitrogens is 1. The summed E-state index contributed by atoms with van der Waals surface area (Å²) in [6, 6.07) is 1.99. The fraction of sp³-hybridized carbons (Fsp3) is 0.529. The van der Waals surface area contributed by atoms with E-state index in [9.17, 15) is 4.79 Å². The minimum atomic E-state index is 0.0679. The topological polar surface area (TPSA) is 74.8 Å². The zero-order chi connectivity index (χ0) is 16.2. The molecule has 2 aromatic rings. The van der Waals surface area contributed by atoms with Crippen LogP contribution in [0.2, 0.25) is 0 Å². The summed E-state index contributed by atoms with van der Waals surface area (Å²) in [7, 11) is 0. The molecule has 0 aromatic carbocycles. The molecule has 1 atom stereocenters. The lowest BCUT2D eigenvalue weighted by Gasteiger charge is -2.33. The standard InChI is InChI=1S/C17H23N5O/c1-12(2)17(23)22-7-3-4-13(10-22)8-14-9-15(21-11-20-14)16-18-5-6-19-16/h5-6,9,11-13H,3-4,7-8,10H2,1-2H3,(H,18,19)/t13-/m1/s1. The quantitative estimate of drug-likeness (QED) is 0.940. The van der Waals surface area contributed by atoms with Crippen molar-refractivity contribution in [2.24, 2.45) is 11.8 Å². The van der Waals surface area contributed by atoms with Crippen molar-refractivity contribution in [3.8, 4) is 11.5 Å². The van der Waals surface area contributed by atoms with Crippen LogP contribution in [0.1, 0.15) is 32.4 Å². The molecule has 1 N–H and O–H groups in total. The summed E-state index contributed by atoms with van der Waals surface area (Å²) in [6.07, 6.45) is 8.17. The van der Waals surface area contributed by atoms with Crippen LogP contribution in [0.3, 0.4) is 0 Å².